The molecule has 0 radical (unpaired) electrons. The molecule has 2 aliphatic rings. The van der Waals surface area contributed by atoms with Gasteiger partial charge in [0.25, 0.3) is 11.9 Å². The third-order valence-electron chi connectivity index (χ3n) is 7.01. The summed E-state index contributed by atoms with van der Waals surface area (Å²) < 4.78 is 11.9. The number of rotatable bonds is 7. The molecule has 3 aromatic carbocycles. The van der Waals surface area contributed by atoms with Crippen LogP contribution in [-0.2, 0) is 16.9 Å². The smallest absolute Gasteiger partial charge is 0.256 e. The van der Waals surface area contributed by atoms with Crippen molar-refractivity contribution in [3.05, 3.63) is 97.5 Å². The van der Waals surface area contributed by atoms with Crippen LogP contribution < -0.4 is 20.1 Å². The highest BCUT2D eigenvalue weighted by atomic mass is 35.5. The number of hydrogen-bond acceptors (Lipinski definition) is 6. The molecule has 0 unspecified atom stereocenters. The molecule has 1 amide bonds. The van der Waals surface area contributed by atoms with Crippen LogP contribution in [0.3, 0.4) is 0 Å². The molecule has 8 nitrogen and oxygen atoms in total. The van der Waals surface area contributed by atoms with Crippen LogP contribution in [0, 0.1) is 10.1 Å². The molecule has 192 valence electrons. The first kappa shape index (κ1) is 25.3. The Kier molecular flexibility index (Phi) is 6.74. The molecule has 0 aliphatic carbocycles. The van der Waals surface area contributed by atoms with Gasteiger partial charge in [0.2, 0.25) is 0 Å². The number of ether oxygens (including phenoxy) is 2. The van der Waals surface area contributed by atoms with Gasteiger partial charge in [0.15, 0.2) is 17.0 Å². The van der Waals surface area contributed by atoms with E-state index in [9.17, 15) is 14.9 Å². The molecule has 4 atom stereocenters. The maximum absolute atomic E-state index is 13.2. The summed E-state index contributed by atoms with van der Waals surface area (Å²) >= 11 is 12.3. The first-order chi connectivity index (χ1) is 17.8. The molecule has 10 heteroatoms. The van der Waals surface area contributed by atoms with E-state index in [-0.39, 0.29) is 17.6 Å². The lowest BCUT2D eigenvalue weighted by atomic mass is 9.78. The summed E-state index contributed by atoms with van der Waals surface area (Å²) in [5, 5.41) is 19.7. The summed E-state index contributed by atoms with van der Waals surface area (Å²) in [5.74, 6) is -0.0939. The number of carbonyl (C=O) groups excluding carboxylic acids is 1. The van der Waals surface area contributed by atoms with Gasteiger partial charge >= 0.3 is 0 Å². The van der Waals surface area contributed by atoms with E-state index in [2.05, 4.69) is 10.6 Å². The highest BCUT2D eigenvalue weighted by molar-refractivity contribution is 6.35. The van der Waals surface area contributed by atoms with Crippen LogP contribution in [0.25, 0.3) is 0 Å². The Morgan fingerprint density at radius 1 is 1.05 bits per heavy atom. The van der Waals surface area contributed by atoms with Gasteiger partial charge in [-0.3, -0.25) is 20.2 Å². The topological polar surface area (TPSA) is 103 Å². The number of carbonyl (C=O) groups is 1. The van der Waals surface area contributed by atoms with Crippen LogP contribution in [0.1, 0.15) is 36.5 Å². The second-order valence-corrected chi connectivity index (χ2v) is 10.0. The molecule has 1 saturated heterocycles. The minimum Gasteiger partial charge on any atom is -0.490 e. The fraction of sp³-hybridized carbons (Fsp3) is 0.296. The molecule has 3 aromatic rings. The number of anilines is 1. The summed E-state index contributed by atoms with van der Waals surface area (Å²) in [6, 6.07) is 15.9. The van der Waals surface area contributed by atoms with Gasteiger partial charge in [0.1, 0.15) is 6.61 Å². The number of para-hydroxylation sites is 1. The van der Waals surface area contributed by atoms with E-state index < -0.39 is 23.4 Å². The van der Waals surface area contributed by atoms with Crippen LogP contribution in [0.5, 0.6) is 11.5 Å². The molecule has 37 heavy (non-hydrogen) atoms. The molecular formula is C27H25Cl2N3O5. The third-order valence-corrected chi connectivity index (χ3v) is 7.60. The molecule has 5 rings (SSSR count). The Labute approximate surface area is 224 Å². The van der Waals surface area contributed by atoms with Gasteiger partial charge < -0.3 is 14.8 Å². The average Bonchev–Trinajstić information content (AvgIpc) is 3.33. The molecule has 0 aromatic heterocycles. The Morgan fingerprint density at radius 3 is 2.57 bits per heavy atom. The highest BCUT2D eigenvalue weighted by Gasteiger charge is 2.67. The molecule has 1 fully saturated rings. The van der Waals surface area contributed by atoms with Crippen molar-refractivity contribution in [1.82, 2.24) is 5.32 Å². The summed E-state index contributed by atoms with van der Waals surface area (Å²) in [6.07, 6.45) is 0. The molecule has 2 N–H and O–H groups in total. The summed E-state index contributed by atoms with van der Waals surface area (Å²) in [4.78, 5) is 25.4. The van der Waals surface area contributed by atoms with Gasteiger partial charge in [-0.25, -0.2) is 0 Å². The van der Waals surface area contributed by atoms with Crippen LogP contribution in [0.15, 0.2) is 60.7 Å². The zero-order valence-corrected chi connectivity index (χ0v) is 21.7. The molecule has 0 bridgehead atoms. The van der Waals surface area contributed by atoms with Crippen molar-refractivity contribution in [3.63, 3.8) is 0 Å². The summed E-state index contributed by atoms with van der Waals surface area (Å²) in [5.41, 5.74) is 1.12. The monoisotopic (exact) mass is 541 g/mol. The Morgan fingerprint density at radius 2 is 1.84 bits per heavy atom. The number of nitrogens with zero attached hydrogens (tertiary/aromatic N) is 1. The second-order valence-electron chi connectivity index (χ2n) is 9.16. The van der Waals surface area contributed by atoms with Crippen molar-refractivity contribution in [2.45, 2.75) is 44.0 Å². The van der Waals surface area contributed by atoms with Crippen LogP contribution in [-0.4, -0.2) is 29.5 Å². The predicted octanol–water partition coefficient (Wildman–Crippen LogP) is 5.54. The zero-order valence-electron chi connectivity index (χ0n) is 20.2. The quantitative estimate of drug-likeness (QED) is 0.300. The first-order valence-corrected chi connectivity index (χ1v) is 12.7. The van der Waals surface area contributed by atoms with Crippen molar-refractivity contribution in [3.8, 4) is 11.5 Å². The second kappa shape index (κ2) is 9.85. The van der Waals surface area contributed by atoms with Gasteiger partial charge in [0.05, 0.1) is 12.5 Å². The first-order valence-electron chi connectivity index (χ1n) is 11.9. The largest absolute Gasteiger partial charge is 0.490 e. The molecule has 1 spiro atoms. The predicted molar refractivity (Wildman–Crippen MR) is 141 cm³/mol. The minimum absolute atomic E-state index is 0.189. The number of fused-ring (bicyclic) bond motifs is 2. The molecule has 0 saturated carbocycles. The van der Waals surface area contributed by atoms with Gasteiger partial charge in [-0.05, 0) is 49.7 Å². The Balaban J connectivity index is 1.50. The van der Waals surface area contributed by atoms with Crippen LogP contribution in [0.4, 0.5) is 5.69 Å². The summed E-state index contributed by atoms with van der Waals surface area (Å²) in [7, 11) is 0. The van der Waals surface area contributed by atoms with E-state index in [0.29, 0.717) is 45.0 Å². The fourth-order valence-corrected chi connectivity index (χ4v) is 5.93. The van der Waals surface area contributed by atoms with Crippen molar-refractivity contribution in [1.29, 1.82) is 0 Å². The fourth-order valence-electron chi connectivity index (χ4n) is 5.47. The maximum atomic E-state index is 13.2. The van der Waals surface area contributed by atoms with E-state index in [1.807, 2.05) is 13.8 Å². The van der Waals surface area contributed by atoms with E-state index in [1.165, 1.54) is 0 Å². The Bertz CT molecular complexity index is 1380. The van der Waals surface area contributed by atoms with E-state index in [4.69, 9.17) is 32.7 Å². The van der Waals surface area contributed by atoms with Gasteiger partial charge in [-0.2, -0.15) is 0 Å². The number of nitro groups is 1. The number of halogens is 2. The third kappa shape index (κ3) is 4.29. The van der Waals surface area contributed by atoms with Crippen LogP contribution >= 0.6 is 23.2 Å². The van der Waals surface area contributed by atoms with E-state index >= 15 is 0 Å². The Hall–Kier alpha value is -3.33. The lowest BCUT2D eigenvalue weighted by Crippen LogP contribution is -2.54. The van der Waals surface area contributed by atoms with E-state index in [1.54, 1.807) is 60.7 Å². The van der Waals surface area contributed by atoms with Crippen molar-refractivity contribution in [2.24, 2.45) is 0 Å². The van der Waals surface area contributed by atoms with Gasteiger partial charge in [0, 0.05) is 37.8 Å². The normalized spacial score (nSPS) is 24.1. The highest BCUT2D eigenvalue weighted by Crippen LogP contribution is 2.50. The lowest BCUT2D eigenvalue weighted by Gasteiger charge is -2.25. The van der Waals surface area contributed by atoms with Crippen LogP contribution in [0.2, 0.25) is 10.0 Å². The van der Waals surface area contributed by atoms with Crippen molar-refractivity contribution in [2.75, 3.05) is 11.9 Å². The molecule has 2 aliphatic heterocycles. The number of nitrogens with one attached hydrogen (secondary N) is 2. The summed E-state index contributed by atoms with van der Waals surface area (Å²) in [6.45, 7) is 4.27. The number of amides is 1. The molecular weight excluding hydrogens is 517 g/mol. The zero-order chi connectivity index (χ0) is 26.3. The molecule has 2 heterocycles. The van der Waals surface area contributed by atoms with E-state index in [0.717, 1.165) is 5.56 Å². The lowest BCUT2D eigenvalue weighted by molar-refractivity contribution is -0.532. The SMILES string of the molecule is CCOc1cc([C@@H]2[C@H](C)N[C@]3(C(=O)Nc4ccccc43)[C@@H]2[N+](=O)[O-])ccc1OCc1ccc(Cl)cc1Cl. The maximum Gasteiger partial charge on any atom is 0.256 e. The van der Waals surface area contributed by atoms with Crippen molar-refractivity contribution < 1.29 is 19.2 Å². The minimum atomic E-state index is -1.48. The number of hydrogen-bond donors (Lipinski definition) is 2. The van der Waals surface area contributed by atoms with Gasteiger partial charge in [-0.1, -0.05) is 53.5 Å². The number of benzene rings is 3. The van der Waals surface area contributed by atoms with Gasteiger partial charge in [-0.15, -0.1) is 0 Å². The average molecular weight is 542 g/mol. The standard InChI is InChI=1S/C27H25Cl2N3O5/c1-3-36-23-12-16(9-11-22(23)37-14-17-8-10-18(28)13-20(17)29)24-15(2)31-27(25(24)32(34)35)19-6-4-5-7-21(19)30-26(27)33/h4-13,15,24-25,31H,3,14H2,1-2H3,(H,30,33)/t15-,24-,25+,27-/m0/s1. The van der Waals surface area contributed by atoms with Crippen molar-refractivity contribution >= 4 is 34.8 Å².